The van der Waals surface area contributed by atoms with E-state index in [1.807, 2.05) is 13.0 Å². The van der Waals surface area contributed by atoms with Crippen molar-refractivity contribution in [1.82, 2.24) is 9.97 Å². The van der Waals surface area contributed by atoms with E-state index in [1.54, 1.807) is 13.3 Å². The molecule has 4 nitrogen and oxygen atoms in total. The first-order chi connectivity index (χ1) is 8.07. The molecule has 17 heavy (non-hydrogen) atoms. The van der Waals surface area contributed by atoms with Gasteiger partial charge in [0.2, 0.25) is 0 Å². The predicted octanol–water partition coefficient (Wildman–Crippen LogP) is 2.03. The second-order valence-electron chi connectivity index (χ2n) is 4.46. The number of hydrogen-bond acceptors (Lipinski definition) is 4. The summed E-state index contributed by atoms with van der Waals surface area (Å²) < 4.78 is 5.63. The van der Waals surface area contributed by atoms with Gasteiger partial charge < -0.3 is 10.5 Å². The van der Waals surface area contributed by atoms with Gasteiger partial charge in [0.25, 0.3) is 0 Å². The monoisotopic (exact) mass is 237 g/mol. The Morgan fingerprint density at radius 3 is 2.53 bits per heavy atom. The van der Waals surface area contributed by atoms with Gasteiger partial charge in [-0.15, -0.1) is 0 Å². The highest BCUT2D eigenvalue weighted by Gasteiger charge is 2.31. The number of nitrogens with two attached hydrogens (primary N) is 1. The normalized spacial score (nSPS) is 13.7. The van der Waals surface area contributed by atoms with Crippen molar-refractivity contribution in [2.24, 2.45) is 5.73 Å². The summed E-state index contributed by atoms with van der Waals surface area (Å²) in [6.45, 7) is 6.16. The standard InChI is InChI=1S/C13H23N3O/c1-5-13(6-2,17-4)12-15-8-7-11(16-12)9-10(3)14/h7-8,10H,5-6,9,14H2,1-4H3. The zero-order valence-corrected chi connectivity index (χ0v) is 11.2. The van der Waals surface area contributed by atoms with E-state index >= 15 is 0 Å². The van der Waals surface area contributed by atoms with Gasteiger partial charge in [0, 0.05) is 31.5 Å². The highest BCUT2D eigenvalue weighted by atomic mass is 16.5. The fraction of sp³-hybridized carbons (Fsp3) is 0.692. The number of aromatic nitrogens is 2. The van der Waals surface area contributed by atoms with Crippen molar-refractivity contribution in [2.45, 2.75) is 51.7 Å². The van der Waals surface area contributed by atoms with E-state index in [0.717, 1.165) is 30.8 Å². The van der Waals surface area contributed by atoms with E-state index in [0.29, 0.717) is 0 Å². The summed E-state index contributed by atoms with van der Waals surface area (Å²) in [6, 6.07) is 2.02. The summed E-state index contributed by atoms with van der Waals surface area (Å²) in [5.41, 5.74) is 6.40. The first kappa shape index (κ1) is 14.1. The Morgan fingerprint density at radius 1 is 1.41 bits per heavy atom. The van der Waals surface area contributed by atoms with Gasteiger partial charge in [-0.3, -0.25) is 0 Å². The molecule has 0 saturated carbocycles. The van der Waals surface area contributed by atoms with E-state index in [1.165, 1.54) is 0 Å². The van der Waals surface area contributed by atoms with Crippen LogP contribution < -0.4 is 5.73 Å². The molecule has 4 heteroatoms. The molecule has 2 N–H and O–H groups in total. The van der Waals surface area contributed by atoms with Gasteiger partial charge in [-0.05, 0) is 25.8 Å². The maximum Gasteiger partial charge on any atom is 0.160 e. The Bertz CT molecular complexity index is 340. The predicted molar refractivity (Wildman–Crippen MR) is 68.7 cm³/mol. The number of nitrogens with zero attached hydrogens (tertiary/aromatic N) is 2. The lowest BCUT2D eigenvalue weighted by Gasteiger charge is -2.28. The fourth-order valence-corrected chi connectivity index (χ4v) is 2.01. The Morgan fingerprint density at radius 2 is 2.06 bits per heavy atom. The van der Waals surface area contributed by atoms with Crippen LogP contribution in [0.15, 0.2) is 12.3 Å². The molecule has 1 unspecified atom stereocenters. The molecule has 0 aliphatic rings. The minimum atomic E-state index is -0.367. The van der Waals surface area contributed by atoms with Crippen molar-refractivity contribution in [2.75, 3.05) is 7.11 Å². The molecular weight excluding hydrogens is 214 g/mol. The molecule has 0 spiro atoms. The molecule has 0 saturated heterocycles. The number of ether oxygens (including phenoxy) is 1. The fourth-order valence-electron chi connectivity index (χ4n) is 2.01. The average molecular weight is 237 g/mol. The van der Waals surface area contributed by atoms with Crippen LogP contribution in [0, 0.1) is 0 Å². The SMILES string of the molecule is CCC(CC)(OC)c1nccc(CC(C)N)n1. The second-order valence-corrected chi connectivity index (χ2v) is 4.46. The molecule has 1 atom stereocenters. The summed E-state index contributed by atoms with van der Waals surface area (Å²) in [4.78, 5) is 8.94. The lowest BCUT2D eigenvalue weighted by molar-refractivity contribution is -0.0293. The molecule has 0 radical (unpaired) electrons. The lowest BCUT2D eigenvalue weighted by Crippen LogP contribution is -2.30. The highest BCUT2D eigenvalue weighted by Crippen LogP contribution is 2.29. The van der Waals surface area contributed by atoms with Gasteiger partial charge >= 0.3 is 0 Å². The molecule has 1 aromatic heterocycles. The van der Waals surface area contributed by atoms with Crippen LogP contribution in [0.1, 0.15) is 45.1 Å². The van der Waals surface area contributed by atoms with Crippen LogP contribution in [-0.2, 0) is 16.8 Å². The van der Waals surface area contributed by atoms with Crippen molar-refractivity contribution in [3.63, 3.8) is 0 Å². The van der Waals surface area contributed by atoms with E-state index in [2.05, 4.69) is 23.8 Å². The van der Waals surface area contributed by atoms with Gasteiger partial charge in [0.05, 0.1) is 0 Å². The minimum Gasteiger partial charge on any atom is -0.370 e. The van der Waals surface area contributed by atoms with Gasteiger partial charge in [0.1, 0.15) is 5.60 Å². The smallest absolute Gasteiger partial charge is 0.160 e. The van der Waals surface area contributed by atoms with Crippen LogP contribution in [0.25, 0.3) is 0 Å². The van der Waals surface area contributed by atoms with Crippen molar-refractivity contribution in [3.8, 4) is 0 Å². The molecule has 0 bridgehead atoms. The Balaban J connectivity index is 3.04. The van der Waals surface area contributed by atoms with Crippen LogP contribution in [0.4, 0.5) is 0 Å². The first-order valence-corrected chi connectivity index (χ1v) is 6.21. The van der Waals surface area contributed by atoms with Crippen LogP contribution >= 0.6 is 0 Å². The van der Waals surface area contributed by atoms with Crippen molar-refractivity contribution in [3.05, 3.63) is 23.8 Å². The van der Waals surface area contributed by atoms with Gasteiger partial charge in [0.15, 0.2) is 5.82 Å². The van der Waals surface area contributed by atoms with Crippen LogP contribution in [0.2, 0.25) is 0 Å². The Hall–Kier alpha value is -1.00. The van der Waals surface area contributed by atoms with Crippen LogP contribution in [-0.4, -0.2) is 23.1 Å². The quantitative estimate of drug-likeness (QED) is 0.822. The average Bonchev–Trinajstić information content (AvgIpc) is 2.32. The first-order valence-electron chi connectivity index (χ1n) is 6.21. The minimum absolute atomic E-state index is 0.109. The Labute approximate surface area is 104 Å². The largest absolute Gasteiger partial charge is 0.370 e. The summed E-state index contributed by atoms with van der Waals surface area (Å²) >= 11 is 0. The molecule has 0 aromatic carbocycles. The van der Waals surface area contributed by atoms with Crippen molar-refractivity contribution < 1.29 is 4.74 Å². The van der Waals surface area contributed by atoms with E-state index in [4.69, 9.17) is 10.5 Å². The second kappa shape index (κ2) is 6.07. The molecule has 1 heterocycles. The molecule has 0 amide bonds. The Kier molecular flexibility index (Phi) is 5.02. The molecule has 96 valence electrons. The number of hydrogen-bond donors (Lipinski definition) is 1. The molecule has 0 aliphatic carbocycles. The topological polar surface area (TPSA) is 61.0 Å². The highest BCUT2D eigenvalue weighted by molar-refractivity contribution is 5.09. The summed E-state index contributed by atoms with van der Waals surface area (Å²) in [7, 11) is 1.72. The molecule has 1 aromatic rings. The van der Waals surface area contributed by atoms with Gasteiger partial charge in [-0.25, -0.2) is 9.97 Å². The third-order valence-corrected chi connectivity index (χ3v) is 3.18. The van der Waals surface area contributed by atoms with Crippen molar-refractivity contribution in [1.29, 1.82) is 0 Å². The zero-order chi connectivity index (χ0) is 12.9. The molecule has 0 aliphatic heterocycles. The molecule has 0 fully saturated rings. The number of rotatable bonds is 6. The van der Waals surface area contributed by atoms with Crippen LogP contribution in [0.5, 0.6) is 0 Å². The third kappa shape index (κ3) is 3.23. The summed E-state index contributed by atoms with van der Waals surface area (Å²) in [5, 5.41) is 0. The van der Waals surface area contributed by atoms with E-state index in [9.17, 15) is 0 Å². The van der Waals surface area contributed by atoms with Gasteiger partial charge in [-0.2, -0.15) is 0 Å². The summed E-state index contributed by atoms with van der Waals surface area (Å²) in [6.07, 6.45) is 4.28. The molecular formula is C13H23N3O. The lowest BCUT2D eigenvalue weighted by atomic mass is 9.96. The maximum atomic E-state index is 5.79. The zero-order valence-electron chi connectivity index (χ0n) is 11.2. The third-order valence-electron chi connectivity index (χ3n) is 3.18. The molecule has 1 rings (SSSR count). The van der Waals surface area contributed by atoms with Gasteiger partial charge in [-0.1, -0.05) is 13.8 Å². The summed E-state index contributed by atoms with van der Waals surface area (Å²) in [5.74, 6) is 0.767. The van der Waals surface area contributed by atoms with Crippen molar-refractivity contribution >= 4 is 0 Å². The van der Waals surface area contributed by atoms with E-state index < -0.39 is 0 Å². The van der Waals surface area contributed by atoms with E-state index in [-0.39, 0.29) is 11.6 Å². The maximum absolute atomic E-state index is 5.79. The number of methoxy groups -OCH3 is 1. The van der Waals surface area contributed by atoms with Crippen LogP contribution in [0.3, 0.4) is 0 Å².